The Morgan fingerprint density at radius 3 is 2.69 bits per heavy atom. The minimum atomic E-state index is -4.45. The quantitative estimate of drug-likeness (QED) is 0.600. The molecule has 6 nitrogen and oxygen atoms in total. The topological polar surface area (TPSA) is 71.5 Å². The van der Waals surface area contributed by atoms with Crippen LogP contribution in [0.4, 0.5) is 24.7 Å². The maximum atomic E-state index is 13.2. The number of alkyl halides is 3. The van der Waals surface area contributed by atoms with E-state index < -0.39 is 11.7 Å². The van der Waals surface area contributed by atoms with Crippen molar-refractivity contribution in [3.63, 3.8) is 0 Å². The molecule has 0 aliphatic carbocycles. The number of nitrogens with one attached hydrogen (secondary N) is 1. The number of likely N-dealkylation sites (tertiary alicyclic amines) is 1. The number of piperidine rings is 1. The van der Waals surface area contributed by atoms with Gasteiger partial charge < -0.3 is 11.1 Å². The fourth-order valence-corrected chi connectivity index (χ4v) is 4.02. The van der Waals surface area contributed by atoms with Crippen LogP contribution >= 0.6 is 15.9 Å². The summed E-state index contributed by atoms with van der Waals surface area (Å²) in [6.45, 7) is 2.53. The standard InChI is InChI=1S/C19H20BrF3N6/c20-16-2-1-14(9-15(16)19(21,22)23)27-18-17-12(3-8-29(17)26-11-25-18)10-28-6-4-13(24)5-7-28/h1-3,8-9,11,13H,4-7,10,24H2,(H,25,26,27). The SMILES string of the molecule is NC1CCN(Cc2ccn3ncnc(Nc4ccc(Br)c(C(F)(F)F)c4)c23)CC1. The molecule has 1 saturated heterocycles. The van der Waals surface area contributed by atoms with Gasteiger partial charge in [0.1, 0.15) is 11.8 Å². The lowest BCUT2D eigenvalue weighted by atomic mass is 10.1. The van der Waals surface area contributed by atoms with E-state index in [0.29, 0.717) is 18.1 Å². The minimum absolute atomic E-state index is 0.00457. The molecular weight excluding hydrogens is 449 g/mol. The molecule has 4 rings (SSSR count). The van der Waals surface area contributed by atoms with Gasteiger partial charge in [-0.2, -0.15) is 18.3 Å². The predicted molar refractivity (Wildman–Crippen MR) is 108 cm³/mol. The van der Waals surface area contributed by atoms with Gasteiger partial charge in [-0.15, -0.1) is 0 Å². The van der Waals surface area contributed by atoms with Crippen molar-refractivity contribution in [1.29, 1.82) is 0 Å². The maximum absolute atomic E-state index is 13.2. The molecule has 1 aliphatic heterocycles. The van der Waals surface area contributed by atoms with E-state index >= 15 is 0 Å². The first kappa shape index (κ1) is 20.1. The molecule has 0 radical (unpaired) electrons. The van der Waals surface area contributed by atoms with Crippen LogP contribution in [0.2, 0.25) is 0 Å². The van der Waals surface area contributed by atoms with Gasteiger partial charge in [-0.05, 0) is 55.8 Å². The van der Waals surface area contributed by atoms with Crippen molar-refractivity contribution in [2.75, 3.05) is 18.4 Å². The number of anilines is 2. The van der Waals surface area contributed by atoms with Crippen molar-refractivity contribution < 1.29 is 13.2 Å². The largest absolute Gasteiger partial charge is 0.417 e. The van der Waals surface area contributed by atoms with Crippen molar-refractivity contribution in [3.05, 3.63) is 52.4 Å². The second kappa shape index (κ2) is 7.92. The highest BCUT2D eigenvalue weighted by Crippen LogP contribution is 2.37. The molecule has 3 aromatic rings. The smallest absolute Gasteiger partial charge is 0.338 e. The lowest BCUT2D eigenvalue weighted by Gasteiger charge is -2.29. The molecule has 2 aromatic heterocycles. The van der Waals surface area contributed by atoms with Gasteiger partial charge in [-0.1, -0.05) is 15.9 Å². The second-order valence-electron chi connectivity index (χ2n) is 7.17. The summed E-state index contributed by atoms with van der Waals surface area (Å²) < 4.78 is 41.3. The van der Waals surface area contributed by atoms with Crippen molar-refractivity contribution in [1.82, 2.24) is 19.5 Å². The summed E-state index contributed by atoms with van der Waals surface area (Å²) in [5.74, 6) is 0.462. The van der Waals surface area contributed by atoms with Crippen LogP contribution < -0.4 is 11.1 Å². The summed E-state index contributed by atoms with van der Waals surface area (Å²) in [6, 6.07) is 6.23. The van der Waals surface area contributed by atoms with Crippen molar-refractivity contribution >= 4 is 33.0 Å². The van der Waals surface area contributed by atoms with Crippen LogP contribution in [0, 0.1) is 0 Å². The van der Waals surface area contributed by atoms with E-state index in [0.717, 1.165) is 43.1 Å². The average Bonchev–Trinajstić information content (AvgIpc) is 3.08. The number of nitrogens with two attached hydrogens (primary N) is 1. The number of hydrogen-bond donors (Lipinski definition) is 2. The molecule has 0 bridgehead atoms. The lowest BCUT2D eigenvalue weighted by Crippen LogP contribution is -2.39. The lowest BCUT2D eigenvalue weighted by molar-refractivity contribution is -0.138. The summed E-state index contributed by atoms with van der Waals surface area (Å²) in [5.41, 5.74) is 7.30. The summed E-state index contributed by atoms with van der Waals surface area (Å²) in [4.78, 5) is 6.60. The fraction of sp³-hybridized carbons (Fsp3) is 0.368. The molecule has 10 heteroatoms. The predicted octanol–water partition coefficient (Wildman–Crippen LogP) is 4.18. The Labute approximate surface area is 174 Å². The van der Waals surface area contributed by atoms with E-state index in [1.807, 2.05) is 12.3 Å². The van der Waals surface area contributed by atoms with Crippen molar-refractivity contribution in [3.8, 4) is 0 Å². The van der Waals surface area contributed by atoms with E-state index in [9.17, 15) is 13.2 Å². The number of aromatic nitrogens is 3. The van der Waals surface area contributed by atoms with Crippen LogP contribution in [0.25, 0.3) is 5.52 Å². The van der Waals surface area contributed by atoms with Crippen LogP contribution in [0.1, 0.15) is 24.0 Å². The van der Waals surface area contributed by atoms with Gasteiger partial charge in [0.2, 0.25) is 0 Å². The first-order chi connectivity index (χ1) is 13.8. The number of fused-ring (bicyclic) bond motifs is 1. The van der Waals surface area contributed by atoms with Gasteiger partial charge in [0.15, 0.2) is 5.82 Å². The van der Waals surface area contributed by atoms with E-state index in [4.69, 9.17) is 5.73 Å². The minimum Gasteiger partial charge on any atom is -0.338 e. The highest BCUT2D eigenvalue weighted by atomic mass is 79.9. The molecule has 0 atom stereocenters. The van der Waals surface area contributed by atoms with Crippen LogP contribution in [0.5, 0.6) is 0 Å². The van der Waals surface area contributed by atoms with Crippen LogP contribution in [0.3, 0.4) is 0 Å². The Morgan fingerprint density at radius 1 is 1.21 bits per heavy atom. The monoisotopic (exact) mass is 468 g/mol. The summed E-state index contributed by atoms with van der Waals surface area (Å²) in [7, 11) is 0. The molecule has 29 heavy (non-hydrogen) atoms. The zero-order chi connectivity index (χ0) is 20.6. The maximum Gasteiger partial charge on any atom is 0.417 e. The summed E-state index contributed by atoms with van der Waals surface area (Å²) >= 11 is 2.96. The van der Waals surface area contributed by atoms with Gasteiger partial charge in [0.25, 0.3) is 0 Å². The second-order valence-corrected chi connectivity index (χ2v) is 8.03. The number of benzene rings is 1. The van der Waals surface area contributed by atoms with Gasteiger partial charge in [0.05, 0.1) is 5.56 Å². The molecule has 3 N–H and O–H groups in total. The molecule has 0 unspecified atom stereocenters. The average molecular weight is 469 g/mol. The molecule has 154 valence electrons. The van der Waals surface area contributed by atoms with Gasteiger partial charge >= 0.3 is 6.18 Å². The molecule has 0 spiro atoms. The first-order valence-electron chi connectivity index (χ1n) is 9.24. The molecule has 0 amide bonds. The fourth-order valence-electron chi connectivity index (χ4n) is 3.55. The van der Waals surface area contributed by atoms with Crippen LogP contribution in [0.15, 0.2) is 41.3 Å². The zero-order valence-corrected chi connectivity index (χ0v) is 17.0. The number of rotatable bonds is 4. The number of halogens is 4. The third kappa shape index (κ3) is 4.39. The van der Waals surface area contributed by atoms with E-state index in [1.165, 1.54) is 12.4 Å². The Balaban J connectivity index is 1.64. The Bertz CT molecular complexity index is 1010. The molecule has 1 fully saturated rings. The first-order valence-corrected chi connectivity index (χ1v) is 10.0. The third-order valence-electron chi connectivity index (χ3n) is 5.10. The Hall–Kier alpha value is -2.17. The molecule has 3 heterocycles. The van der Waals surface area contributed by atoms with Crippen molar-refractivity contribution in [2.45, 2.75) is 31.6 Å². The highest BCUT2D eigenvalue weighted by Gasteiger charge is 2.33. The molecule has 1 aliphatic rings. The van der Waals surface area contributed by atoms with E-state index in [2.05, 4.69) is 36.2 Å². The van der Waals surface area contributed by atoms with Crippen LogP contribution in [-0.4, -0.2) is 38.6 Å². The number of hydrogen-bond acceptors (Lipinski definition) is 5. The van der Waals surface area contributed by atoms with Gasteiger partial charge in [-0.3, -0.25) is 4.90 Å². The summed E-state index contributed by atoms with van der Waals surface area (Å²) in [5, 5.41) is 7.25. The third-order valence-corrected chi connectivity index (χ3v) is 5.79. The Morgan fingerprint density at radius 2 is 1.97 bits per heavy atom. The van der Waals surface area contributed by atoms with Gasteiger partial charge in [-0.25, -0.2) is 9.50 Å². The molecular formula is C19H20BrF3N6. The van der Waals surface area contributed by atoms with Crippen LogP contribution in [-0.2, 0) is 12.7 Å². The Kier molecular flexibility index (Phi) is 5.50. The summed E-state index contributed by atoms with van der Waals surface area (Å²) in [6.07, 6.45) is 0.657. The zero-order valence-electron chi connectivity index (χ0n) is 15.5. The van der Waals surface area contributed by atoms with Crippen molar-refractivity contribution in [2.24, 2.45) is 5.73 Å². The molecule has 0 saturated carbocycles. The highest BCUT2D eigenvalue weighted by molar-refractivity contribution is 9.10. The van der Waals surface area contributed by atoms with Gasteiger partial charge in [0, 0.05) is 28.9 Å². The molecule has 1 aromatic carbocycles. The van der Waals surface area contributed by atoms with E-state index in [-0.39, 0.29) is 10.5 Å². The van der Waals surface area contributed by atoms with E-state index in [1.54, 1.807) is 10.6 Å². The number of nitrogens with zero attached hydrogens (tertiary/aromatic N) is 4. The normalized spacial score (nSPS) is 16.4.